The molecule has 1 saturated heterocycles. The molecule has 0 radical (unpaired) electrons. The van der Waals surface area contributed by atoms with Crippen molar-refractivity contribution < 1.29 is 9.42 Å². The summed E-state index contributed by atoms with van der Waals surface area (Å²) in [6.45, 7) is 5.16. The van der Waals surface area contributed by atoms with E-state index in [1.807, 2.05) is 6.07 Å². The van der Waals surface area contributed by atoms with Crippen molar-refractivity contribution in [2.24, 2.45) is 5.50 Å². The van der Waals surface area contributed by atoms with E-state index in [0.717, 1.165) is 18.8 Å². The first-order chi connectivity index (χ1) is 8.19. The van der Waals surface area contributed by atoms with Gasteiger partial charge in [-0.1, -0.05) is 6.58 Å². The lowest BCUT2D eigenvalue weighted by Gasteiger charge is -2.17. The lowest BCUT2D eigenvalue weighted by molar-refractivity contribution is 0.224. The predicted molar refractivity (Wildman–Crippen MR) is 67.2 cm³/mol. The van der Waals surface area contributed by atoms with Gasteiger partial charge in [-0.25, -0.2) is 9.97 Å². The fourth-order valence-corrected chi connectivity index (χ4v) is 2.29. The Labute approximate surface area is 101 Å². The van der Waals surface area contributed by atoms with E-state index in [9.17, 15) is 0 Å². The van der Waals surface area contributed by atoms with E-state index in [1.54, 1.807) is 12.3 Å². The molecule has 17 heavy (non-hydrogen) atoms. The average Bonchev–Trinajstić information content (AvgIpc) is 2.77. The zero-order valence-corrected chi connectivity index (χ0v) is 10.3. The molecule has 1 fully saturated rings. The summed E-state index contributed by atoms with van der Waals surface area (Å²) in [5.74, 6) is 1.45. The molecule has 2 atom stereocenters. The van der Waals surface area contributed by atoms with Crippen LogP contribution >= 0.6 is 8.53 Å². The molecule has 0 saturated carbocycles. The van der Waals surface area contributed by atoms with Crippen molar-refractivity contribution >= 4 is 20.4 Å². The molecule has 6 nitrogen and oxygen atoms in total. The maximum absolute atomic E-state index is 9.01. The monoisotopic (exact) mass is 254 g/mol. The highest BCUT2D eigenvalue weighted by molar-refractivity contribution is 7.43. The van der Waals surface area contributed by atoms with Crippen LogP contribution in [-0.4, -0.2) is 34.1 Å². The Bertz CT molecular complexity index is 402. The van der Waals surface area contributed by atoms with Gasteiger partial charge in [0.1, 0.15) is 5.82 Å². The van der Waals surface area contributed by atoms with Gasteiger partial charge in [-0.3, -0.25) is 5.50 Å². The lowest BCUT2D eigenvalue weighted by Crippen LogP contribution is -2.23. The molecule has 0 aliphatic carbocycles. The topological polar surface area (TPSA) is 84.5 Å². The van der Waals surface area contributed by atoms with Gasteiger partial charge in [0.15, 0.2) is 5.82 Å². The van der Waals surface area contributed by atoms with Crippen LogP contribution in [0.3, 0.4) is 0 Å². The Balaban J connectivity index is 2.01. The molecule has 2 rings (SSSR count). The van der Waals surface area contributed by atoms with Crippen LogP contribution in [0.25, 0.3) is 6.08 Å². The fourth-order valence-electron chi connectivity index (χ4n) is 1.81. The summed E-state index contributed by atoms with van der Waals surface area (Å²) >= 11 is 0. The minimum absolute atomic E-state index is 0.0294. The Kier molecular flexibility index (Phi) is 4.02. The van der Waals surface area contributed by atoms with Gasteiger partial charge in [0.2, 0.25) is 8.53 Å². The molecule has 3 N–H and O–H groups in total. The smallest absolute Gasteiger partial charge is 0.250 e. The second-order valence-corrected chi connectivity index (χ2v) is 4.56. The number of aromatic nitrogens is 2. The highest BCUT2D eigenvalue weighted by Crippen LogP contribution is 2.28. The first-order valence-corrected chi connectivity index (χ1v) is 6.58. The molecule has 0 spiro atoms. The van der Waals surface area contributed by atoms with Crippen molar-refractivity contribution in [2.45, 2.75) is 12.5 Å². The maximum Gasteiger partial charge on any atom is 0.250 e. The average molecular weight is 254 g/mol. The predicted octanol–water partition coefficient (Wildman–Crippen LogP) is 0.893. The van der Waals surface area contributed by atoms with Crippen molar-refractivity contribution in [3.8, 4) is 0 Å². The third kappa shape index (κ3) is 3.20. The summed E-state index contributed by atoms with van der Waals surface area (Å²) in [7, 11) is -1.78. The van der Waals surface area contributed by atoms with Gasteiger partial charge >= 0.3 is 0 Å². The number of hydrogen-bond acceptors (Lipinski definition) is 6. The van der Waals surface area contributed by atoms with E-state index in [0.29, 0.717) is 12.4 Å². The SMILES string of the molecule is C=Cc1nccc(N2CC[C@@H](OP(N)O)C2)n1. The molecule has 1 aromatic rings. The van der Waals surface area contributed by atoms with Gasteiger partial charge in [0.05, 0.1) is 6.10 Å². The van der Waals surface area contributed by atoms with Crippen molar-refractivity contribution in [3.63, 3.8) is 0 Å². The highest BCUT2D eigenvalue weighted by Gasteiger charge is 2.25. The molecule has 1 aliphatic rings. The quantitative estimate of drug-likeness (QED) is 0.776. The molecular formula is C10H15N4O2P. The molecule has 0 aromatic carbocycles. The zero-order chi connectivity index (χ0) is 12.3. The molecule has 0 amide bonds. The number of anilines is 1. The molecule has 1 aliphatic heterocycles. The number of hydrogen-bond donors (Lipinski definition) is 2. The Morgan fingerprint density at radius 2 is 2.53 bits per heavy atom. The van der Waals surface area contributed by atoms with Gasteiger partial charge in [-0.15, -0.1) is 0 Å². The molecule has 2 heterocycles. The standard InChI is InChI=1S/C10H15N4O2P/c1-2-9-12-5-3-10(13-9)14-6-4-8(7-14)16-17(11)15/h2-3,5,8,15H,1,4,6-7,11H2/t8-,17?/m1/s1. The highest BCUT2D eigenvalue weighted by atomic mass is 31.2. The van der Waals surface area contributed by atoms with Gasteiger partial charge in [-0.2, -0.15) is 0 Å². The van der Waals surface area contributed by atoms with Crippen LogP contribution in [0.1, 0.15) is 12.2 Å². The summed E-state index contributed by atoms with van der Waals surface area (Å²) in [6, 6.07) is 1.85. The second-order valence-electron chi connectivity index (χ2n) is 3.74. The van der Waals surface area contributed by atoms with Crippen molar-refractivity contribution in [1.82, 2.24) is 9.97 Å². The number of nitrogens with two attached hydrogens (primary N) is 1. The number of nitrogens with zero attached hydrogens (tertiary/aromatic N) is 3. The van der Waals surface area contributed by atoms with Crippen LogP contribution in [0.4, 0.5) is 5.82 Å². The van der Waals surface area contributed by atoms with E-state index in [2.05, 4.69) is 21.4 Å². The number of rotatable bonds is 4. The van der Waals surface area contributed by atoms with Gasteiger partial charge in [0, 0.05) is 19.3 Å². The van der Waals surface area contributed by atoms with Crippen molar-refractivity contribution in [2.75, 3.05) is 18.0 Å². The van der Waals surface area contributed by atoms with E-state index in [-0.39, 0.29) is 6.10 Å². The Morgan fingerprint density at radius 3 is 3.24 bits per heavy atom. The molecular weight excluding hydrogens is 239 g/mol. The van der Waals surface area contributed by atoms with Gasteiger partial charge in [-0.05, 0) is 18.6 Å². The van der Waals surface area contributed by atoms with Gasteiger partial charge in [0.25, 0.3) is 0 Å². The third-order valence-corrected chi connectivity index (χ3v) is 3.08. The molecule has 1 unspecified atom stereocenters. The molecule has 92 valence electrons. The Hall–Kier alpha value is -1.07. The summed E-state index contributed by atoms with van der Waals surface area (Å²) in [6.07, 6.45) is 4.12. The first kappa shape index (κ1) is 12.4. The minimum atomic E-state index is -1.78. The normalized spacial score (nSPS) is 21.5. The summed E-state index contributed by atoms with van der Waals surface area (Å²) in [4.78, 5) is 19.5. The molecule has 0 bridgehead atoms. The second kappa shape index (κ2) is 5.51. The maximum atomic E-state index is 9.01. The summed E-state index contributed by atoms with van der Waals surface area (Å²) < 4.78 is 5.21. The summed E-state index contributed by atoms with van der Waals surface area (Å²) in [5, 5.41) is 0. The minimum Gasteiger partial charge on any atom is -0.354 e. The third-order valence-electron chi connectivity index (χ3n) is 2.57. The van der Waals surface area contributed by atoms with Crippen LogP contribution < -0.4 is 10.4 Å². The molecule has 7 heteroatoms. The van der Waals surface area contributed by atoms with Crippen molar-refractivity contribution in [3.05, 3.63) is 24.7 Å². The lowest BCUT2D eigenvalue weighted by atomic mass is 10.3. The fraction of sp³-hybridized carbons (Fsp3) is 0.400. The first-order valence-electron chi connectivity index (χ1n) is 5.30. The van der Waals surface area contributed by atoms with E-state index in [4.69, 9.17) is 14.9 Å². The van der Waals surface area contributed by atoms with Crippen LogP contribution in [-0.2, 0) is 4.52 Å². The largest absolute Gasteiger partial charge is 0.354 e. The summed E-state index contributed by atoms with van der Waals surface area (Å²) in [5.41, 5.74) is 5.24. The molecule has 1 aromatic heterocycles. The van der Waals surface area contributed by atoms with E-state index in [1.165, 1.54) is 0 Å². The Morgan fingerprint density at radius 1 is 1.71 bits per heavy atom. The zero-order valence-electron chi connectivity index (χ0n) is 9.36. The van der Waals surface area contributed by atoms with Crippen molar-refractivity contribution in [1.29, 1.82) is 0 Å². The van der Waals surface area contributed by atoms with Gasteiger partial charge < -0.3 is 14.3 Å². The van der Waals surface area contributed by atoms with Crippen LogP contribution in [0.15, 0.2) is 18.8 Å². The van der Waals surface area contributed by atoms with Crippen LogP contribution in [0.5, 0.6) is 0 Å². The van der Waals surface area contributed by atoms with Crippen LogP contribution in [0, 0.1) is 0 Å². The van der Waals surface area contributed by atoms with Crippen LogP contribution in [0.2, 0.25) is 0 Å². The van der Waals surface area contributed by atoms with E-state index < -0.39 is 8.53 Å². The van der Waals surface area contributed by atoms with E-state index >= 15 is 0 Å².